The lowest BCUT2D eigenvalue weighted by Crippen LogP contribution is -2.44. The molecule has 10 nitrogen and oxygen atoms in total. The highest BCUT2D eigenvalue weighted by Gasteiger charge is 2.35. The number of nitrogens with one attached hydrogen (secondary N) is 1. The van der Waals surface area contributed by atoms with E-state index in [0.29, 0.717) is 12.0 Å². The molecule has 0 radical (unpaired) electrons. The largest absolute Gasteiger partial charge is 0.452 e. The average molecular weight is 458 g/mol. The summed E-state index contributed by atoms with van der Waals surface area (Å²) in [5.41, 5.74) is 0.433. The Bertz CT molecular complexity index is 1100. The predicted molar refractivity (Wildman–Crippen MR) is 108 cm³/mol. The normalized spacial score (nSPS) is 23.4. The van der Waals surface area contributed by atoms with Crippen LogP contribution in [0, 0.1) is 0 Å². The maximum Gasteiger partial charge on any atom is 0.308 e. The summed E-state index contributed by atoms with van der Waals surface area (Å²) in [6, 6.07) is 5.95. The standard InChI is InChI=1S/C18H23N3O7S2/c1-12(18(23)21(2)13-8-10-29(24,25)11-13)28-16(22)7-9-19-17-14-5-3-4-6-15(14)30(26,27)20-17/h3-6,12-13H,7-11H2,1-2H3,(H,19,20)/t12-,13-/m0/s1. The van der Waals surface area contributed by atoms with Gasteiger partial charge in [-0.1, -0.05) is 12.1 Å². The molecule has 0 aromatic heterocycles. The summed E-state index contributed by atoms with van der Waals surface area (Å²) < 4.78 is 54.7. The van der Waals surface area contributed by atoms with Crippen molar-refractivity contribution in [1.29, 1.82) is 0 Å². The molecule has 0 aliphatic carbocycles. The smallest absolute Gasteiger partial charge is 0.308 e. The zero-order valence-electron chi connectivity index (χ0n) is 16.6. The summed E-state index contributed by atoms with van der Waals surface area (Å²) in [4.78, 5) is 30.0. The Hall–Kier alpha value is -2.47. The Kier molecular flexibility index (Phi) is 6.18. The number of benzene rings is 1. The lowest BCUT2D eigenvalue weighted by atomic mass is 10.2. The molecule has 1 amide bonds. The Labute approximate surface area is 175 Å². The summed E-state index contributed by atoms with van der Waals surface area (Å²) in [5, 5.41) is 0. The van der Waals surface area contributed by atoms with Gasteiger partial charge in [0.15, 0.2) is 15.9 Å². The van der Waals surface area contributed by atoms with Crippen molar-refractivity contribution in [1.82, 2.24) is 9.62 Å². The second kappa shape index (κ2) is 8.34. The number of rotatable bonds is 6. The second-order valence-electron chi connectivity index (χ2n) is 7.22. The van der Waals surface area contributed by atoms with Crippen molar-refractivity contribution >= 4 is 37.6 Å². The monoisotopic (exact) mass is 457 g/mol. The summed E-state index contributed by atoms with van der Waals surface area (Å²) in [6.45, 7) is 1.40. The number of sulfone groups is 1. The summed E-state index contributed by atoms with van der Waals surface area (Å²) in [5.74, 6) is -1.04. The van der Waals surface area contributed by atoms with Crippen LogP contribution in [0.25, 0.3) is 0 Å². The van der Waals surface area contributed by atoms with Gasteiger partial charge in [0.25, 0.3) is 15.9 Å². The van der Waals surface area contributed by atoms with Crippen LogP contribution in [0.5, 0.6) is 0 Å². The van der Waals surface area contributed by atoms with Crippen LogP contribution in [0.3, 0.4) is 0 Å². The Balaban J connectivity index is 1.53. The molecule has 164 valence electrons. The third-order valence-corrected chi connectivity index (χ3v) is 8.16. The molecule has 30 heavy (non-hydrogen) atoms. The van der Waals surface area contributed by atoms with E-state index in [-0.39, 0.29) is 35.2 Å². The van der Waals surface area contributed by atoms with Crippen LogP contribution in [0.1, 0.15) is 25.3 Å². The Morgan fingerprint density at radius 2 is 1.97 bits per heavy atom. The third-order valence-electron chi connectivity index (χ3n) is 5.01. The molecule has 0 bridgehead atoms. The van der Waals surface area contributed by atoms with E-state index in [9.17, 15) is 26.4 Å². The number of likely N-dealkylation sites (N-methyl/N-ethyl adjacent to an activating group) is 1. The summed E-state index contributed by atoms with van der Waals surface area (Å²) >= 11 is 0. The van der Waals surface area contributed by atoms with Crippen molar-refractivity contribution < 1.29 is 31.2 Å². The minimum absolute atomic E-state index is 0.0252. The number of sulfonamides is 1. The molecule has 1 fully saturated rings. The minimum Gasteiger partial charge on any atom is -0.452 e. The fraction of sp³-hybridized carbons (Fsp3) is 0.500. The van der Waals surface area contributed by atoms with Gasteiger partial charge in [0.2, 0.25) is 0 Å². The molecule has 1 aromatic rings. The molecule has 1 aromatic carbocycles. The zero-order chi connectivity index (χ0) is 22.1. The number of ether oxygens (including phenoxy) is 1. The van der Waals surface area contributed by atoms with Crippen molar-refractivity contribution in [3.8, 4) is 0 Å². The maximum absolute atomic E-state index is 12.4. The first-order chi connectivity index (χ1) is 14.0. The van der Waals surface area contributed by atoms with E-state index < -0.39 is 43.9 Å². The number of carbonyl (C=O) groups excluding carboxylic acids is 2. The number of carbonyl (C=O) groups is 2. The van der Waals surface area contributed by atoms with Crippen LogP contribution in [-0.4, -0.2) is 76.7 Å². The van der Waals surface area contributed by atoms with Gasteiger partial charge >= 0.3 is 5.97 Å². The Morgan fingerprint density at radius 3 is 2.63 bits per heavy atom. The molecule has 12 heteroatoms. The molecule has 0 spiro atoms. The van der Waals surface area contributed by atoms with Gasteiger partial charge in [-0.2, -0.15) is 0 Å². The number of nitrogens with zero attached hydrogens (tertiary/aromatic N) is 2. The number of aliphatic imine (C=N–C) groups is 1. The highest BCUT2D eigenvalue weighted by Crippen LogP contribution is 2.22. The van der Waals surface area contributed by atoms with Gasteiger partial charge in [-0.05, 0) is 25.5 Å². The first kappa shape index (κ1) is 22.2. The van der Waals surface area contributed by atoms with Gasteiger partial charge in [0.1, 0.15) is 5.84 Å². The molecule has 2 heterocycles. The lowest BCUT2D eigenvalue weighted by molar-refractivity contribution is -0.159. The fourth-order valence-corrected chi connectivity index (χ4v) is 6.39. The van der Waals surface area contributed by atoms with Crippen LogP contribution in [-0.2, 0) is 34.2 Å². The van der Waals surface area contributed by atoms with Crippen molar-refractivity contribution in [2.45, 2.75) is 36.8 Å². The topological polar surface area (TPSA) is 139 Å². The summed E-state index contributed by atoms with van der Waals surface area (Å²) in [7, 11) is -5.30. The quantitative estimate of drug-likeness (QED) is 0.578. The van der Waals surface area contributed by atoms with Crippen LogP contribution in [0.15, 0.2) is 34.2 Å². The highest BCUT2D eigenvalue weighted by molar-refractivity contribution is 7.91. The number of hydrogen-bond donors (Lipinski definition) is 1. The molecule has 3 rings (SSSR count). The van der Waals surface area contributed by atoms with Crippen LogP contribution in [0.2, 0.25) is 0 Å². The minimum atomic E-state index is -3.65. The summed E-state index contributed by atoms with van der Waals surface area (Å²) in [6.07, 6.45) is -0.851. The molecule has 1 N–H and O–H groups in total. The van der Waals surface area contributed by atoms with Crippen LogP contribution in [0.4, 0.5) is 0 Å². The Morgan fingerprint density at radius 1 is 1.27 bits per heavy atom. The average Bonchev–Trinajstić information content (AvgIpc) is 3.17. The van der Waals surface area contributed by atoms with E-state index >= 15 is 0 Å². The zero-order valence-corrected chi connectivity index (χ0v) is 18.2. The van der Waals surface area contributed by atoms with Crippen LogP contribution >= 0.6 is 0 Å². The molecule has 0 saturated carbocycles. The van der Waals surface area contributed by atoms with Crippen molar-refractivity contribution in [3.63, 3.8) is 0 Å². The van der Waals surface area contributed by atoms with Crippen molar-refractivity contribution in [2.75, 3.05) is 25.1 Å². The first-order valence-corrected chi connectivity index (χ1v) is 12.6. The first-order valence-electron chi connectivity index (χ1n) is 9.33. The van der Waals surface area contributed by atoms with Gasteiger partial charge in [0, 0.05) is 18.7 Å². The van der Waals surface area contributed by atoms with E-state index in [1.807, 2.05) is 0 Å². The van der Waals surface area contributed by atoms with E-state index in [1.165, 1.54) is 24.9 Å². The van der Waals surface area contributed by atoms with Gasteiger partial charge in [-0.25, -0.2) is 16.8 Å². The number of fused-ring (bicyclic) bond motifs is 1. The van der Waals surface area contributed by atoms with Crippen molar-refractivity contribution in [3.05, 3.63) is 29.8 Å². The molecule has 2 atom stereocenters. The number of amidine groups is 1. The fourth-order valence-electron chi connectivity index (χ4n) is 3.36. The predicted octanol–water partition coefficient (Wildman–Crippen LogP) is -0.308. The van der Waals surface area contributed by atoms with Crippen LogP contribution < -0.4 is 4.72 Å². The van der Waals surface area contributed by atoms with Gasteiger partial charge in [-0.15, -0.1) is 0 Å². The van der Waals surface area contributed by atoms with Crippen molar-refractivity contribution in [2.24, 2.45) is 4.99 Å². The SMILES string of the molecule is C[C@H](OC(=O)CCN=C1NS(=O)(=O)c2ccccc21)C(=O)N(C)[C@H]1CCS(=O)(=O)C1. The molecule has 2 aliphatic rings. The van der Waals surface area contributed by atoms with E-state index in [0.717, 1.165) is 0 Å². The van der Waals surface area contributed by atoms with E-state index in [4.69, 9.17) is 4.74 Å². The van der Waals surface area contributed by atoms with Gasteiger partial charge < -0.3 is 9.64 Å². The molecule has 0 unspecified atom stereocenters. The van der Waals surface area contributed by atoms with E-state index in [2.05, 4.69) is 9.71 Å². The molecule has 1 saturated heterocycles. The highest BCUT2D eigenvalue weighted by atomic mass is 32.2. The molecular weight excluding hydrogens is 434 g/mol. The number of hydrogen-bond acceptors (Lipinski definition) is 8. The van der Waals surface area contributed by atoms with E-state index in [1.54, 1.807) is 18.2 Å². The number of esters is 1. The molecular formula is C18H23N3O7S2. The third kappa shape index (κ3) is 4.81. The molecule has 2 aliphatic heterocycles. The maximum atomic E-state index is 12.4. The lowest BCUT2D eigenvalue weighted by Gasteiger charge is -2.26. The van der Waals surface area contributed by atoms with Gasteiger partial charge in [-0.3, -0.25) is 19.3 Å². The van der Waals surface area contributed by atoms with Gasteiger partial charge in [0.05, 0.1) is 29.4 Å². The second-order valence-corrected chi connectivity index (χ2v) is 11.1. The number of amides is 1.